The van der Waals surface area contributed by atoms with Gasteiger partial charge in [0.25, 0.3) is 11.8 Å². The second-order valence-corrected chi connectivity index (χ2v) is 5.56. The number of hydrogen-bond donors (Lipinski definition) is 4. The number of aromatic hydroxyl groups is 2. The highest BCUT2D eigenvalue weighted by Gasteiger charge is 2.29. The van der Waals surface area contributed by atoms with Crippen LogP contribution in [0.2, 0.25) is 5.02 Å². The van der Waals surface area contributed by atoms with E-state index in [9.17, 15) is 24.9 Å². The third-order valence-corrected chi connectivity index (χ3v) is 3.60. The van der Waals surface area contributed by atoms with Crippen molar-refractivity contribution in [1.29, 1.82) is 0 Å². The second-order valence-electron chi connectivity index (χ2n) is 5.13. The van der Waals surface area contributed by atoms with Crippen LogP contribution in [-0.4, -0.2) is 32.1 Å². The number of hydrogen-bond acceptors (Lipinski definition) is 6. The molecule has 0 saturated heterocycles. The fraction of sp³-hybridized carbons (Fsp3) is 0.125. The predicted molar refractivity (Wildman–Crippen MR) is 86.3 cm³/mol. The smallest absolute Gasteiger partial charge is 0.278 e. The molecule has 1 unspecified atom stereocenters. The first-order valence-electron chi connectivity index (χ1n) is 6.81. The first kappa shape index (κ1) is 17.7. The van der Waals surface area contributed by atoms with E-state index in [1.807, 2.05) is 0 Å². The molecule has 0 aliphatic heterocycles. The minimum atomic E-state index is -1.70. The number of phenolic OH excluding ortho intramolecular Hbond substituents is 2. The van der Waals surface area contributed by atoms with Gasteiger partial charge in [0.2, 0.25) is 0 Å². The number of benzene rings is 2. The average Bonchev–Trinajstić information content (AvgIpc) is 2.51. The lowest BCUT2D eigenvalue weighted by molar-refractivity contribution is -0.138. The van der Waals surface area contributed by atoms with Crippen LogP contribution in [-0.2, 0) is 4.79 Å². The van der Waals surface area contributed by atoms with Crippen molar-refractivity contribution in [3.63, 3.8) is 0 Å². The molecule has 0 aromatic heterocycles. The van der Waals surface area contributed by atoms with Gasteiger partial charge in [-0.25, -0.2) is 10.9 Å². The summed E-state index contributed by atoms with van der Waals surface area (Å²) in [6.07, 6.45) is -1.70. The maximum absolute atomic E-state index is 12.3. The number of rotatable bonds is 3. The molecule has 2 aromatic rings. The van der Waals surface area contributed by atoms with Crippen molar-refractivity contribution in [3.05, 3.63) is 58.1 Å². The molecule has 0 radical (unpaired) electrons. The lowest BCUT2D eigenvalue weighted by Gasteiger charge is -2.20. The molecular formula is C16H15ClN2O5. The number of hydrazine groups is 1. The summed E-state index contributed by atoms with van der Waals surface area (Å²) in [7, 11) is 0. The molecule has 2 amide bonds. The van der Waals surface area contributed by atoms with Crippen LogP contribution in [0.4, 0.5) is 0 Å². The van der Waals surface area contributed by atoms with E-state index in [0.29, 0.717) is 5.02 Å². The van der Waals surface area contributed by atoms with Gasteiger partial charge in [-0.3, -0.25) is 9.59 Å². The third-order valence-electron chi connectivity index (χ3n) is 3.37. The van der Waals surface area contributed by atoms with E-state index in [4.69, 9.17) is 17.4 Å². The van der Waals surface area contributed by atoms with Gasteiger partial charge in [-0.2, -0.15) is 0 Å². The Hall–Kier alpha value is -2.61. The van der Waals surface area contributed by atoms with Crippen LogP contribution >= 0.6 is 11.6 Å². The molecule has 1 atom stereocenters. The van der Waals surface area contributed by atoms with Crippen molar-refractivity contribution >= 4 is 23.4 Å². The molecule has 0 aliphatic carbocycles. The molecule has 2 rings (SSSR count). The maximum Gasteiger partial charge on any atom is 0.278 e. The lowest BCUT2D eigenvalue weighted by atomic mass is 10.0. The van der Waals surface area contributed by atoms with Crippen molar-refractivity contribution in [2.45, 2.75) is 13.0 Å². The SMILES string of the molecule is Cc1cc(O)cc(O)c1C(=O)N(N)C(=O)C(O)c1cccc(Cl)c1. The van der Waals surface area contributed by atoms with E-state index < -0.39 is 23.7 Å². The zero-order chi connectivity index (χ0) is 18.0. The Morgan fingerprint density at radius 2 is 1.88 bits per heavy atom. The largest absolute Gasteiger partial charge is 0.508 e. The highest BCUT2D eigenvalue weighted by atomic mass is 35.5. The number of amides is 2. The van der Waals surface area contributed by atoms with Gasteiger partial charge >= 0.3 is 0 Å². The molecule has 0 bridgehead atoms. The lowest BCUT2D eigenvalue weighted by Crippen LogP contribution is -2.45. The molecule has 0 heterocycles. The highest BCUT2D eigenvalue weighted by Crippen LogP contribution is 2.28. The maximum atomic E-state index is 12.3. The summed E-state index contributed by atoms with van der Waals surface area (Å²) >= 11 is 5.80. The fourth-order valence-electron chi connectivity index (χ4n) is 2.20. The molecule has 24 heavy (non-hydrogen) atoms. The van der Waals surface area contributed by atoms with Crippen molar-refractivity contribution < 1.29 is 24.9 Å². The molecule has 8 heteroatoms. The van der Waals surface area contributed by atoms with Gasteiger partial charge in [0, 0.05) is 11.1 Å². The number of aryl methyl sites for hydroxylation is 1. The van der Waals surface area contributed by atoms with Crippen LogP contribution < -0.4 is 5.84 Å². The van der Waals surface area contributed by atoms with Crippen LogP contribution in [0.15, 0.2) is 36.4 Å². The number of nitrogens with two attached hydrogens (primary N) is 1. The topological polar surface area (TPSA) is 124 Å². The summed E-state index contributed by atoms with van der Waals surface area (Å²) in [5.41, 5.74) is 0.141. The summed E-state index contributed by atoms with van der Waals surface area (Å²) in [4.78, 5) is 24.6. The number of imide groups is 1. The van der Waals surface area contributed by atoms with E-state index in [0.717, 1.165) is 6.07 Å². The number of carbonyl (C=O) groups is 2. The van der Waals surface area contributed by atoms with Gasteiger partial charge in [-0.05, 0) is 36.2 Å². The number of aliphatic hydroxyl groups is 1. The zero-order valence-electron chi connectivity index (χ0n) is 12.6. The summed E-state index contributed by atoms with van der Waals surface area (Å²) in [5, 5.41) is 29.8. The van der Waals surface area contributed by atoms with E-state index in [1.54, 1.807) is 6.07 Å². The van der Waals surface area contributed by atoms with Gasteiger partial charge < -0.3 is 15.3 Å². The van der Waals surface area contributed by atoms with Gasteiger partial charge in [-0.1, -0.05) is 23.7 Å². The van der Waals surface area contributed by atoms with Crippen molar-refractivity contribution in [2.75, 3.05) is 0 Å². The normalized spacial score (nSPS) is 11.8. The summed E-state index contributed by atoms with van der Waals surface area (Å²) < 4.78 is 0. The first-order valence-corrected chi connectivity index (χ1v) is 7.19. The zero-order valence-corrected chi connectivity index (χ0v) is 13.4. The van der Waals surface area contributed by atoms with Gasteiger partial charge in [0.05, 0.1) is 5.56 Å². The Labute approximate surface area is 142 Å². The minimum absolute atomic E-state index is 0.169. The molecule has 0 fully saturated rings. The monoisotopic (exact) mass is 350 g/mol. The molecule has 0 aliphatic rings. The van der Waals surface area contributed by atoms with Gasteiger partial charge in [0.15, 0.2) is 6.10 Å². The number of aliphatic hydroxyl groups excluding tert-OH is 1. The fourth-order valence-corrected chi connectivity index (χ4v) is 2.40. The second kappa shape index (κ2) is 6.88. The minimum Gasteiger partial charge on any atom is -0.508 e. The molecule has 0 spiro atoms. The molecule has 0 saturated carbocycles. The quantitative estimate of drug-likeness (QED) is 0.379. The Kier molecular flexibility index (Phi) is 5.08. The van der Waals surface area contributed by atoms with Crippen LogP contribution in [0.5, 0.6) is 11.5 Å². The number of phenols is 2. The Balaban J connectivity index is 2.29. The van der Waals surface area contributed by atoms with E-state index in [-0.39, 0.29) is 27.4 Å². The summed E-state index contributed by atoms with van der Waals surface area (Å²) in [6.45, 7) is 1.46. The standard InChI is InChI=1S/C16H15ClN2O5/c1-8-5-11(20)7-12(21)13(8)15(23)19(18)16(24)14(22)9-3-2-4-10(17)6-9/h2-7,14,20-22H,18H2,1H3. The first-order chi connectivity index (χ1) is 11.2. The van der Waals surface area contributed by atoms with Crippen molar-refractivity contribution in [2.24, 2.45) is 5.84 Å². The van der Waals surface area contributed by atoms with Crippen LogP contribution in [0.1, 0.15) is 27.6 Å². The Morgan fingerprint density at radius 3 is 2.46 bits per heavy atom. The van der Waals surface area contributed by atoms with Crippen LogP contribution in [0, 0.1) is 6.92 Å². The van der Waals surface area contributed by atoms with Gasteiger partial charge in [-0.15, -0.1) is 0 Å². The van der Waals surface area contributed by atoms with Crippen molar-refractivity contribution in [1.82, 2.24) is 5.01 Å². The van der Waals surface area contributed by atoms with Crippen molar-refractivity contribution in [3.8, 4) is 11.5 Å². The summed E-state index contributed by atoms with van der Waals surface area (Å²) in [6, 6.07) is 8.10. The highest BCUT2D eigenvalue weighted by molar-refractivity contribution is 6.30. The van der Waals surface area contributed by atoms with E-state index in [2.05, 4.69) is 0 Å². The number of nitrogens with zero attached hydrogens (tertiary/aromatic N) is 1. The number of halogens is 1. The third kappa shape index (κ3) is 3.48. The average molecular weight is 351 g/mol. The van der Waals surface area contributed by atoms with E-state index in [1.165, 1.54) is 31.2 Å². The molecule has 7 nitrogen and oxygen atoms in total. The summed E-state index contributed by atoms with van der Waals surface area (Å²) in [5.74, 6) is 2.64. The Bertz CT molecular complexity index is 786. The van der Waals surface area contributed by atoms with Gasteiger partial charge in [0.1, 0.15) is 11.5 Å². The number of carbonyl (C=O) groups excluding carboxylic acids is 2. The predicted octanol–water partition coefficient (Wildman–Crippen LogP) is 1.64. The molecule has 5 N–H and O–H groups in total. The molecule has 2 aromatic carbocycles. The van der Waals surface area contributed by atoms with Crippen LogP contribution in [0.3, 0.4) is 0 Å². The van der Waals surface area contributed by atoms with E-state index >= 15 is 0 Å². The molecular weight excluding hydrogens is 336 g/mol. The van der Waals surface area contributed by atoms with Crippen LogP contribution in [0.25, 0.3) is 0 Å². The Morgan fingerprint density at radius 1 is 1.21 bits per heavy atom. The molecule has 126 valence electrons.